The van der Waals surface area contributed by atoms with Crippen LogP contribution in [0.1, 0.15) is 65.2 Å². The van der Waals surface area contributed by atoms with E-state index >= 15 is 0 Å². The van der Waals surface area contributed by atoms with Crippen molar-refractivity contribution in [1.29, 1.82) is 0 Å². The summed E-state index contributed by atoms with van der Waals surface area (Å²) < 4.78 is 1.46. The van der Waals surface area contributed by atoms with E-state index in [1.807, 2.05) is 18.7 Å². The molecule has 4 rings (SSSR count). The molecule has 2 aromatic rings. The molecule has 1 unspecified atom stereocenters. The fraction of sp³-hybridized carbons (Fsp3) is 0.667. The summed E-state index contributed by atoms with van der Waals surface area (Å²) in [5.74, 6) is 0.875. The Morgan fingerprint density at radius 2 is 2.06 bits per heavy atom. The predicted molar refractivity (Wildman–Crippen MR) is 122 cm³/mol. The number of aromatic nitrogens is 4. The van der Waals surface area contributed by atoms with Gasteiger partial charge in [-0.15, -0.1) is 0 Å². The summed E-state index contributed by atoms with van der Waals surface area (Å²) in [6, 6.07) is 3.21. The second-order valence-corrected chi connectivity index (χ2v) is 10.2. The Morgan fingerprint density at radius 3 is 2.72 bits per heavy atom. The second kappa shape index (κ2) is 9.17. The van der Waals surface area contributed by atoms with Gasteiger partial charge in [0.2, 0.25) is 5.91 Å². The molecule has 2 fully saturated rings. The van der Waals surface area contributed by atoms with Crippen LogP contribution >= 0.6 is 0 Å². The van der Waals surface area contributed by atoms with Crippen LogP contribution < -0.4 is 5.56 Å². The number of amides is 1. The minimum atomic E-state index is -1.10. The fourth-order valence-corrected chi connectivity index (χ4v) is 5.20. The molecule has 2 aliphatic rings. The quantitative estimate of drug-likeness (QED) is 0.717. The summed E-state index contributed by atoms with van der Waals surface area (Å²) in [6.07, 6.45) is 11.5. The molecule has 1 amide bonds. The molecule has 1 saturated heterocycles. The van der Waals surface area contributed by atoms with E-state index in [2.05, 4.69) is 15.2 Å². The van der Waals surface area contributed by atoms with Gasteiger partial charge < -0.3 is 10.0 Å². The SMILES string of the molecule is CC1(C)CN(C(=O)CCC2CCCCC2)CCC1(O)Cn1cnc(-c2ccn[nH]2)cc1=O. The Bertz CT molecular complexity index is 978. The van der Waals surface area contributed by atoms with Crippen LogP contribution in [0.2, 0.25) is 0 Å². The molecule has 0 bridgehead atoms. The number of rotatable bonds is 6. The Kier molecular flexibility index (Phi) is 6.51. The van der Waals surface area contributed by atoms with Gasteiger partial charge in [0.05, 0.1) is 29.9 Å². The first kappa shape index (κ1) is 22.7. The number of likely N-dealkylation sites (tertiary alicyclic amines) is 1. The first-order chi connectivity index (χ1) is 15.3. The Morgan fingerprint density at radius 1 is 1.28 bits per heavy atom. The van der Waals surface area contributed by atoms with Gasteiger partial charge in [-0.1, -0.05) is 46.0 Å². The molecule has 174 valence electrons. The molecule has 8 heteroatoms. The molecule has 2 N–H and O–H groups in total. The van der Waals surface area contributed by atoms with Gasteiger partial charge in [0.25, 0.3) is 5.56 Å². The van der Waals surface area contributed by atoms with E-state index in [0.717, 1.165) is 6.42 Å². The number of carbonyl (C=O) groups excluding carboxylic acids is 1. The summed E-state index contributed by atoms with van der Waals surface area (Å²) in [4.78, 5) is 31.8. The molecule has 1 saturated carbocycles. The zero-order chi connectivity index (χ0) is 22.8. The molecule has 1 atom stereocenters. The number of piperidine rings is 1. The van der Waals surface area contributed by atoms with E-state index in [0.29, 0.717) is 43.2 Å². The van der Waals surface area contributed by atoms with Crippen molar-refractivity contribution >= 4 is 5.91 Å². The van der Waals surface area contributed by atoms with Crippen molar-refractivity contribution in [2.24, 2.45) is 11.3 Å². The van der Waals surface area contributed by atoms with E-state index in [1.165, 1.54) is 49.1 Å². The van der Waals surface area contributed by atoms with E-state index in [1.54, 1.807) is 12.3 Å². The average Bonchev–Trinajstić information content (AvgIpc) is 3.31. The van der Waals surface area contributed by atoms with Gasteiger partial charge in [-0.2, -0.15) is 5.10 Å². The Labute approximate surface area is 189 Å². The van der Waals surface area contributed by atoms with Crippen molar-refractivity contribution in [3.8, 4) is 11.4 Å². The van der Waals surface area contributed by atoms with Crippen LogP contribution in [-0.4, -0.2) is 54.4 Å². The first-order valence-corrected chi connectivity index (χ1v) is 11.8. The van der Waals surface area contributed by atoms with Crippen LogP contribution in [0, 0.1) is 11.3 Å². The molecule has 8 nitrogen and oxygen atoms in total. The molecule has 1 aliphatic carbocycles. The van der Waals surface area contributed by atoms with E-state index in [9.17, 15) is 14.7 Å². The molecule has 1 aliphatic heterocycles. The van der Waals surface area contributed by atoms with Crippen molar-refractivity contribution in [2.75, 3.05) is 13.1 Å². The average molecular weight is 442 g/mol. The minimum Gasteiger partial charge on any atom is -0.387 e. The first-order valence-electron chi connectivity index (χ1n) is 11.8. The fourth-order valence-electron chi connectivity index (χ4n) is 5.20. The normalized spacial score (nSPS) is 23.9. The molecular weight excluding hydrogens is 406 g/mol. The third-order valence-corrected chi connectivity index (χ3v) is 7.57. The Balaban J connectivity index is 1.39. The van der Waals surface area contributed by atoms with Crippen molar-refractivity contribution in [2.45, 2.75) is 77.4 Å². The lowest BCUT2D eigenvalue weighted by Gasteiger charge is -2.50. The summed E-state index contributed by atoms with van der Waals surface area (Å²) in [5.41, 5.74) is -0.678. The lowest BCUT2D eigenvalue weighted by Crippen LogP contribution is -2.60. The molecule has 0 aromatic carbocycles. The minimum absolute atomic E-state index is 0.152. The zero-order valence-corrected chi connectivity index (χ0v) is 19.2. The number of nitrogens with one attached hydrogen (secondary N) is 1. The number of hydrogen-bond acceptors (Lipinski definition) is 5. The van der Waals surface area contributed by atoms with Gasteiger partial charge in [-0.25, -0.2) is 4.98 Å². The Hall–Kier alpha value is -2.48. The summed E-state index contributed by atoms with van der Waals surface area (Å²) >= 11 is 0. The summed E-state index contributed by atoms with van der Waals surface area (Å²) in [7, 11) is 0. The van der Waals surface area contributed by atoms with Crippen LogP contribution in [0.4, 0.5) is 0 Å². The van der Waals surface area contributed by atoms with Gasteiger partial charge in [0.15, 0.2) is 0 Å². The largest absolute Gasteiger partial charge is 0.387 e. The zero-order valence-electron chi connectivity index (χ0n) is 19.2. The highest BCUT2D eigenvalue weighted by Crippen LogP contribution is 2.40. The van der Waals surface area contributed by atoms with Gasteiger partial charge in [-0.3, -0.25) is 19.3 Å². The van der Waals surface area contributed by atoms with Crippen LogP contribution in [0.5, 0.6) is 0 Å². The van der Waals surface area contributed by atoms with E-state index in [-0.39, 0.29) is 18.0 Å². The highest BCUT2D eigenvalue weighted by Gasteiger charge is 2.48. The third-order valence-electron chi connectivity index (χ3n) is 7.57. The molecule has 0 radical (unpaired) electrons. The number of carbonyl (C=O) groups is 1. The van der Waals surface area contributed by atoms with Crippen molar-refractivity contribution in [1.82, 2.24) is 24.6 Å². The van der Waals surface area contributed by atoms with Gasteiger partial charge in [0.1, 0.15) is 0 Å². The molecule has 32 heavy (non-hydrogen) atoms. The topological polar surface area (TPSA) is 104 Å². The number of nitrogens with zero attached hydrogens (tertiary/aromatic N) is 4. The maximum Gasteiger partial charge on any atom is 0.254 e. The lowest BCUT2D eigenvalue weighted by atomic mass is 9.69. The number of aliphatic hydroxyl groups is 1. The van der Waals surface area contributed by atoms with Crippen LogP contribution in [0.15, 0.2) is 29.5 Å². The van der Waals surface area contributed by atoms with E-state index in [4.69, 9.17) is 0 Å². The summed E-state index contributed by atoms with van der Waals surface area (Å²) in [5, 5.41) is 18.2. The lowest BCUT2D eigenvalue weighted by molar-refractivity contribution is -0.154. The smallest absolute Gasteiger partial charge is 0.254 e. The van der Waals surface area contributed by atoms with Gasteiger partial charge >= 0.3 is 0 Å². The molecule has 0 spiro atoms. The number of aromatic amines is 1. The predicted octanol–water partition coefficient (Wildman–Crippen LogP) is 2.98. The van der Waals surface area contributed by atoms with Crippen molar-refractivity contribution in [3.05, 3.63) is 35.0 Å². The van der Waals surface area contributed by atoms with Crippen molar-refractivity contribution in [3.63, 3.8) is 0 Å². The number of hydrogen-bond donors (Lipinski definition) is 2. The van der Waals surface area contributed by atoms with Gasteiger partial charge in [-0.05, 0) is 24.8 Å². The van der Waals surface area contributed by atoms with Crippen LogP contribution in [0.3, 0.4) is 0 Å². The molecule has 3 heterocycles. The molecular formula is C24H35N5O3. The van der Waals surface area contributed by atoms with E-state index < -0.39 is 11.0 Å². The van der Waals surface area contributed by atoms with Gasteiger partial charge in [0, 0.05) is 37.2 Å². The maximum absolute atomic E-state index is 12.9. The second-order valence-electron chi connectivity index (χ2n) is 10.2. The molecule has 2 aromatic heterocycles. The highest BCUT2D eigenvalue weighted by molar-refractivity contribution is 5.76. The highest BCUT2D eigenvalue weighted by atomic mass is 16.3. The standard InChI is InChI=1S/C24H35N5O3/c1-23(2)15-28(21(30)9-8-18-6-4-3-5-7-18)13-11-24(23,32)16-29-17-25-20(14-22(29)31)19-10-12-26-27-19/h10,12,14,17-18,32H,3-9,11,13,15-16H2,1-2H3,(H,26,27). The van der Waals surface area contributed by atoms with Crippen LogP contribution in [0.25, 0.3) is 11.4 Å². The maximum atomic E-state index is 12.9. The van der Waals surface area contributed by atoms with Crippen LogP contribution in [-0.2, 0) is 11.3 Å². The third kappa shape index (κ3) is 4.80. The monoisotopic (exact) mass is 441 g/mol. The summed E-state index contributed by atoms with van der Waals surface area (Å²) in [6.45, 7) is 5.11. The van der Waals surface area contributed by atoms with Crippen molar-refractivity contribution < 1.29 is 9.90 Å². The number of H-pyrrole nitrogens is 1.